The summed E-state index contributed by atoms with van der Waals surface area (Å²) in [6.07, 6.45) is -4.50. The second kappa shape index (κ2) is 5.12. The van der Waals surface area contributed by atoms with Crippen LogP contribution in [0.3, 0.4) is 0 Å². The molecule has 0 heterocycles. The number of aromatic carboxylic acids is 1. The largest absolute Gasteiger partial charge is 0.478 e. The lowest BCUT2D eigenvalue weighted by Crippen LogP contribution is -2.09. The van der Waals surface area contributed by atoms with Gasteiger partial charge < -0.3 is 10.8 Å². The molecule has 0 aromatic heterocycles. The molecule has 0 bridgehead atoms. The van der Waals surface area contributed by atoms with Crippen molar-refractivity contribution in [2.75, 3.05) is 5.73 Å². The zero-order valence-electron chi connectivity index (χ0n) is 11.0. The standard InChI is InChI=1S/C15H12F3NO2/c1-8-9(6-7-11(13(8)19)14(20)21)10-4-2-3-5-12(10)15(16,17)18/h2-7H,19H2,1H3,(H,20,21). The van der Waals surface area contributed by atoms with Crippen LogP contribution in [0.4, 0.5) is 18.9 Å². The Labute approximate surface area is 118 Å². The maximum atomic E-state index is 13.0. The van der Waals surface area contributed by atoms with Crippen LogP contribution in [0.15, 0.2) is 36.4 Å². The zero-order valence-corrected chi connectivity index (χ0v) is 11.0. The second-order valence-corrected chi connectivity index (χ2v) is 4.55. The first-order valence-corrected chi connectivity index (χ1v) is 6.02. The molecule has 2 rings (SSSR count). The topological polar surface area (TPSA) is 63.3 Å². The third-order valence-electron chi connectivity index (χ3n) is 3.27. The molecular formula is C15H12F3NO2. The van der Waals surface area contributed by atoms with Crippen molar-refractivity contribution in [3.8, 4) is 11.1 Å². The molecule has 0 unspecified atom stereocenters. The van der Waals surface area contributed by atoms with E-state index in [4.69, 9.17) is 10.8 Å². The highest BCUT2D eigenvalue weighted by atomic mass is 19.4. The van der Waals surface area contributed by atoms with E-state index in [-0.39, 0.29) is 22.4 Å². The van der Waals surface area contributed by atoms with Crippen LogP contribution in [0.5, 0.6) is 0 Å². The van der Waals surface area contributed by atoms with Gasteiger partial charge in [-0.3, -0.25) is 0 Å². The minimum atomic E-state index is -4.50. The molecule has 0 atom stereocenters. The third-order valence-corrected chi connectivity index (χ3v) is 3.27. The predicted octanol–water partition coefficient (Wildman–Crippen LogP) is 3.96. The molecule has 6 heteroatoms. The number of carboxylic acid groups (broad SMARTS) is 1. The van der Waals surface area contributed by atoms with E-state index in [2.05, 4.69) is 0 Å². The SMILES string of the molecule is Cc1c(-c2ccccc2C(F)(F)F)ccc(C(=O)O)c1N. The first-order valence-electron chi connectivity index (χ1n) is 6.02. The third kappa shape index (κ3) is 2.69. The van der Waals surface area contributed by atoms with E-state index in [0.717, 1.165) is 6.07 Å². The Morgan fingerprint density at radius 3 is 2.29 bits per heavy atom. The summed E-state index contributed by atoms with van der Waals surface area (Å²) in [6.45, 7) is 1.50. The zero-order chi connectivity index (χ0) is 15.8. The van der Waals surface area contributed by atoms with Gasteiger partial charge in [0.2, 0.25) is 0 Å². The van der Waals surface area contributed by atoms with Crippen LogP contribution < -0.4 is 5.73 Å². The summed E-state index contributed by atoms with van der Waals surface area (Å²) in [7, 11) is 0. The number of nitrogens with two attached hydrogens (primary N) is 1. The van der Waals surface area contributed by atoms with Crippen molar-refractivity contribution in [2.24, 2.45) is 0 Å². The second-order valence-electron chi connectivity index (χ2n) is 4.55. The van der Waals surface area contributed by atoms with Crippen molar-refractivity contribution in [3.63, 3.8) is 0 Å². The molecule has 0 saturated carbocycles. The number of hydrogen-bond donors (Lipinski definition) is 2. The fourth-order valence-corrected chi connectivity index (χ4v) is 2.17. The molecule has 3 N–H and O–H groups in total. The average Bonchev–Trinajstić information content (AvgIpc) is 2.40. The molecule has 0 aliphatic carbocycles. The molecule has 110 valence electrons. The molecule has 0 aliphatic heterocycles. The lowest BCUT2D eigenvalue weighted by atomic mass is 9.93. The van der Waals surface area contributed by atoms with Crippen LogP contribution in [-0.2, 0) is 6.18 Å². The first kappa shape index (κ1) is 14.9. The van der Waals surface area contributed by atoms with Gasteiger partial charge in [-0.1, -0.05) is 24.3 Å². The number of rotatable bonds is 2. The summed E-state index contributed by atoms with van der Waals surface area (Å²) in [5, 5.41) is 8.98. The molecule has 0 radical (unpaired) electrons. The summed E-state index contributed by atoms with van der Waals surface area (Å²) in [5.41, 5.74) is 5.34. The van der Waals surface area contributed by atoms with Gasteiger partial charge in [0.25, 0.3) is 0 Å². The summed E-state index contributed by atoms with van der Waals surface area (Å²) in [4.78, 5) is 11.0. The molecule has 21 heavy (non-hydrogen) atoms. The Morgan fingerprint density at radius 1 is 1.10 bits per heavy atom. The van der Waals surface area contributed by atoms with Crippen molar-refractivity contribution in [3.05, 3.63) is 53.1 Å². The van der Waals surface area contributed by atoms with Gasteiger partial charge in [-0.25, -0.2) is 4.79 Å². The van der Waals surface area contributed by atoms with Crippen LogP contribution in [-0.4, -0.2) is 11.1 Å². The molecule has 0 fully saturated rings. The van der Waals surface area contributed by atoms with Crippen molar-refractivity contribution in [1.82, 2.24) is 0 Å². The molecular weight excluding hydrogens is 283 g/mol. The number of benzene rings is 2. The lowest BCUT2D eigenvalue weighted by molar-refractivity contribution is -0.137. The normalized spacial score (nSPS) is 11.4. The van der Waals surface area contributed by atoms with Gasteiger partial charge in [-0.05, 0) is 35.7 Å². The highest BCUT2D eigenvalue weighted by Crippen LogP contribution is 2.39. The summed E-state index contributed by atoms with van der Waals surface area (Å²) in [5.74, 6) is -1.22. The quantitative estimate of drug-likeness (QED) is 0.824. The summed E-state index contributed by atoms with van der Waals surface area (Å²) >= 11 is 0. The monoisotopic (exact) mass is 295 g/mol. The van der Waals surface area contributed by atoms with E-state index in [1.54, 1.807) is 0 Å². The van der Waals surface area contributed by atoms with E-state index in [1.807, 2.05) is 0 Å². The average molecular weight is 295 g/mol. The van der Waals surface area contributed by atoms with Crippen molar-refractivity contribution in [1.29, 1.82) is 0 Å². The van der Waals surface area contributed by atoms with E-state index in [0.29, 0.717) is 5.56 Å². The highest BCUT2D eigenvalue weighted by molar-refractivity contribution is 5.96. The Hall–Kier alpha value is -2.50. The van der Waals surface area contributed by atoms with Gasteiger partial charge in [0.15, 0.2) is 0 Å². The molecule has 0 aliphatic rings. The number of nitrogen functional groups attached to an aromatic ring is 1. The van der Waals surface area contributed by atoms with Crippen molar-refractivity contribution < 1.29 is 23.1 Å². The van der Waals surface area contributed by atoms with Gasteiger partial charge in [0, 0.05) is 5.69 Å². The minimum Gasteiger partial charge on any atom is -0.478 e. The highest BCUT2D eigenvalue weighted by Gasteiger charge is 2.33. The Kier molecular flexibility index (Phi) is 3.63. The molecule has 0 saturated heterocycles. The smallest absolute Gasteiger partial charge is 0.417 e. The predicted molar refractivity (Wildman–Crippen MR) is 73.0 cm³/mol. The molecule has 2 aromatic rings. The summed E-state index contributed by atoms with van der Waals surface area (Å²) < 4.78 is 39.1. The molecule has 2 aromatic carbocycles. The number of alkyl halides is 3. The number of carboxylic acids is 1. The van der Waals surface area contributed by atoms with E-state index in [9.17, 15) is 18.0 Å². The number of hydrogen-bond acceptors (Lipinski definition) is 2. The lowest BCUT2D eigenvalue weighted by Gasteiger charge is -2.16. The number of halogens is 3. The van der Waals surface area contributed by atoms with Crippen LogP contribution >= 0.6 is 0 Å². The van der Waals surface area contributed by atoms with Gasteiger partial charge >= 0.3 is 12.1 Å². The molecule has 0 spiro atoms. The Balaban J connectivity index is 2.70. The fraction of sp³-hybridized carbons (Fsp3) is 0.133. The van der Waals surface area contributed by atoms with E-state index in [1.165, 1.54) is 37.3 Å². The van der Waals surface area contributed by atoms with Crippen LogP contribution in [0, 0.1) is 6.92 Å². The van der Waals surface area contributed by atoms with Crippen molar-refractivity contribution >= 4 is 11.7 Å². The summed E-state index contributed by atoms with van der Waals surface area (Å²) in [6, 6.07) is 7.68. The van der Waals surface area contributed by atoms with Crippen LogP contribution in [0.25, 0.3) is 11.1 Å². The van der Waals surface area contributed by atoms with Crippen LogP contribution in [0.2, 0.25) is 0 Å². The van der Waals surface area contributed by atoms with Crippen LogP contribution in [0.1, 0.15) is 21.5 Å². The van der Waals surface area contributed by atoms with Gasteiger partial charge in [0.05, 0.1) is 11.1 Å². The number of anilines is 1. The number of carbonyl (C=O) groups is 1. The maximum Gasteiger partial charge on any atom is 0.417 e. The first-order chi connectivity index (χ1) is 9.73. The molecule has 3 nitrogen and oxygen atoms in total. The van der Waals surface area contributed by atoms with Gasteiger partial charge in [-0.15, -0.1) is 0 Å². The van der Waals surface area contributed by atoms with E-state index >= 15 is 0 Å². The minimum absolute atomic E-state index is 0.0221. The Bertz CT molecular complexity index is 709. The molecule has 0 amide bonds. The Morgan fingerprint density at radius 2 is 1.71 bits per heavy atom. The van der Waals surface area contributed by atoms with Gasteiger partial charge in [-0.2, -0.15) is 13.2 Å². The van der Waals surface area contributed by atoms with E-state index < -0.39 is 17.7 Å². The van der Waals surface area contributed by atoms with Gasteiger partial charge in [0.1, 0.15) is 0 Å². The van der Waals surface area contributed by atoms with Crippen molar-refractivity contribution in [2.45, 2.75) is 13.1 Å². The maximum absolute atomic E-state index is 13.0. The fourth-order valence-electron chi connectivity index (χ4n) is 2.17.